The van der Waals surface area contributed by atoms with E-state index in [2.05, 4.69) is 208 Å². The molecule has 12 rings (SSSR count). The maximum absolute atomic E-state index is 2.48. The summed E-state index contributed by atoms with van der Waals surface area (Å²) >= 11 is 0. The first kappa shape index (κ1) is 32.2. The number of hydrogen-bond acceptors (Lipinski definition) is 0. The summed E-state index contributed by atoms with van der Waals surface area (Å²) in [4.78, 5) is 0. The molecule has 0 aliphatic heterocycles. The van der Waals surface area contributed by atoms with Crippen molar-refractivity contribution in [3.63, 3.8) is 0 Å². The van der Waals surface area contributed by atoms with E-state index in [-0.39, 0.29) is 5.41 Å². The molecule has 0 N–H and O–H groups in total. The van der Waals surface area contributed by atoms with Gasteiger partial charge in [-0.2, -0.15) is 0 Å². The molecule has 11 aromatic rings. The Balaban J connectivity index is 1.19. The summed E-state index contributed by atoms with van der Waals surface area (Å²) in [5.41, 5.74) is 13.1. The molecule has 1 aliphatic carbocycles. The highest BCUT2D eigenvalue weighted by molar-refractivity contribution is 6.31. The van der Waals surface area contributed by atoms with Crippen LogP contribution in [-0.4, -0.2) is 0 Å². The Morgan fingerprint density at radius 3 is 1.23 bits per heavy atom. The molecule has 0 aromatic heterocycles. The Hall–Kier alpha value is -7.02. The molecule has 0 spiro atoms. The van der Waals surface area contributed by atoms with Gasteiger partial charge in [0.25, 0.3) is 0 Å². The molecule has 11 aromatic carbocycles. The SMILES string of the molecule is CC1(C)c2ccccc2-c2ccc(-c3c4ccccc4c(-c4c5ccccc5c(-c5cc6ccccc6c6ccccc56)c5ccccc45)c4ccccc34)cc21. The van der Waals surface area contributed by atoms with Gasteiger partial charge < -0.3 is 0 Å². The third-order valence-corrected chi connectivity index (χ3v) is 13.0. The highest BCUT2D eigenvalue weighted by atomic mass is 14.4. The Bertz CT molecular complexity index is 3370. The van der Waals surface area contributed by atoms with Crippen LogP contribution < -0.4 is 0 Å². The van der Waals surface area contributed by atoms with E-state index in [1.54, 1.807) is 0 Å². The van der Waals surface area contributed by atoms with Crippen LogP contribution >= 0.6 is 0 Å². The van der Waals surface area contributed by atoms with Crippen LogP contribution in [0.5, 0.6) is 0 Å². The Morgan fingerprint density at radius 2 is 0.667 bits per heavy atom. The lowest BCUT2D eigenvalue weighted by molar-refractivity contribution is 0.660. The van der Waals surface area contributed by atoms with E-state index in [9.17, 15) is 0 Å². The van der Waals surface area contributed by atoms with Crippen molar-refractivity contribution in [3.05, 3.63) is 205 Å². The van der Waals surface area contributed by atoms with E-state index in [0.717, 1.165) is 0 Å². The second-order valence-corrected chi connectivity index (χ2v) is 16.3. The van der Waals surface area contributed by atoms with Gasteiger partial charge in [-0.3, -0.25) is 0 Å². The highest BCUT2D eigenvalue weighted by Crippen LogP contribution is 2.53. The summed E-state index contributed by atoms with van der Waals surface area (Å²) < 4.78 is 0. The maximum Gasteiger partial charge on any atom is 0.0159 e. The van der Waals surface area contributed by atoms with Crippen molar-refractivity contribution in [1.29, 1.82) is 0 Å². The average molecular weight is 723 g/mol. The lowest BCUT2D eigenvalue weighted by atomic mass is 9.79. The maximum atomic E-state index is 2.48. The molecule has 0 bridgehead atoms. The van der Waals surface area contributed by atoms with Gasteiger partial charge in [0.15, 0.2) is 0 Å². The van der Waals surface area contributed by atoms with Crippen molar-refractivity contribution in [1.82, 2.24) is 0 Å². The van der Waals surface area contributed by atoms with Crippen molar-refractivity contribution in [3.8, 4) is 44.5 Å². The zero-order valence-corrected chi connectivity index (χ0v) is 32.0. The van der Waals surface area contributed by atoms with Gasteiger partial charge in [-0.1, -0.05) is 196 Å². The van der Waals surface area contributed by atoms with Gasteiger partial charge in [0, 0.05) is 5.41 Å². The molecular weight excluding hydrogens is 685 g/mol. The topological polar surface area (TPSA) is 0 Å². The van der Waals surface area contributed by atoms with Crippen LogP contribution in [0.4, 0.5) is 0 Å². The summed E-state index contributed by atoms with van der Waals surface area (Å²) in [6.07, 6.45) is 0. The van der Waals surface area contributed by atoms with Crippen molar-refractivity contribution in [2.24, 2.45) is 0 Å². The standard InChI is InChI=1S/C57H38/c1-57(2)51-30-16-15-21-40(51)41-32-31-36(34-52(41)57)53-42-22-7-11-26-46(42)55(47-27-12-8-23-43(47)53)56-48-28-13-9-24-44(48)54(45-25-10-14-29-49(45)56)50-33-35-17-3-4-18-37(35)38-19-5-6-20-39(38)50/h3-34H,1-2H3. The average Bonchev–Trinajstić information content (AvgIpc) is 3.50. The van der Waals surface area contributed by atoms with Crippen LogP contribution in [0.2, 0.25) is 0 Å². The largest absolute Gasteiger partial charge is 0.0619 e. The summed E-state index contributed by atoms with van der Waals surface area (Å²) in [6.45, 7) is 4.75. The zero-order chi connectivity index (χ0) is 37.8. The number of fused-ring (bicyclic) bond motifs is 10. The molecule has 0 saturated carbocycles. The normalized spacial score (nSPS) is 13.2. The molecule has 0 unspecified atom stereocenters. The van der Waals surface area contributed by atoms with Crippen molar-refractivity contribution < 1.29 is 0 Å². The second kappa shape index (κ2) is 12.0. The number of rotatable bonds is 3. The third kappa shape index (κ3) is 4.50. The first-order valence-corrected chi connectivity index (χ1v) is 20.1. The van der Waals surface area contributed by atoms with Crippen molar-refractivity contribution >= 4 is 64.6 Å². The van der Waals surface area contributed by atoms with E-state index in [1.165, 1.54) is 120 Å². The number of benzene rings is 11. The van der Waals surface area contributed by atoms with E-state index < -0.39 is 0 Å². The molecule has 0 heteroatoms. The Labute approximate surface area is 332 Å². The van der Waals surface area contributed by atoms with Gasteiger partial charge >= 0.3 is 0 Å². The fourth-order valence-electron chi connectivity index (χ4n) is 10.5. The lowest BCUT2D eigenvalue weighted by Crippen LogP contribution is -2.14. The van der Waals surface area contributed by atoms with Gasteiger partial charge in [-0.25, -0.2) is 0 Å². The summed E-state index contributed by atoms with van der Waals surface area (Å²) in [5, 5.41) is 15.3. The fourth-order valence-corrected chi connectivity index (χ4v) is 10.5. The molecule has 266 valence electrons. The Kier molecular flexibility index (Phi) is 6.78. The van der Waals surface area contributed by atoms with Crippen LogP contribution in [0.3, 0.4) is 0 Å². The van der Waals surface area contributed by atoms with Crippen LogP contribution in [-0.2, 0) is 5.41 Å². The molecular formula is C57H38. The molecule has 57 heavy (non-hydrogen) atoms. The quantitative estimate of drug-likeness (QED) is 0.126. The third-order valence-electron chi connectivity index (χ3n) is 13.0. The Morgan fingerprint density at radius 1 is 0.263 bits per heavy atom. The molecule has 1 aliphatic rings. The smallest absolute Gasteiger partial charge is 0.0159 e. The van der Waals surface area contributed by atoms with Crippen LogP contribution in [0.1, 0.15) is 25.0 Å². The van der Waals surface area contributed by atoms with E-state index >= 15 is 0 Å². The van der Waals surface area contributed by atoms with E-state index in [4.69, 9.17) is 0 Å². The molecule has 0 saturated heterocycles. The van der Waals surface area contributed by atoms with Crippen LogP contribution in [0.25, 0.3) is 109 Å². The van der Waals surface area contributed by atoms with Gasteiger partial charge in [-0.15, -0.1) is 0 Å². The predicted octanol–water partition coefficient (Wildman–Crippen LogP) is 15.9. The molecule has 0 radical (unpaired) electrons. The minimum atomic E-state index is -0.0799. The van der Waals surface area contributed by atoms with Crippen molar-refractivity contribution in [2.45, 2.75) is 19.3 Å². The summed E-state index contributed by atoms with van der Waals surface area (Å²) in [5.74, 6) is 0. The molecule has 0 amide bonds. The monoisotopic (exact) mass is 722 g/mol. The first-order valence-electron chi connectivity index (χ1n) is 20.1. The highest BCUT2D eigenvalue weighted by Gasteiger charge is 2.35. The van der Waals surface area contributed by atoms with Crippen LogP contribution in [0.15, 0.2) is 194 Å². The summed E-state index contributed by atoms with van der Waals surface area (Å²) in [7, 11) is 0. The van der Waals surface area contributed by atoms with Crippen molar-refractivity contribution in [2.75, 3.05) is 0 Å². The molecule has 0 heterocycles. The minimum absolute atomic E-state index is 0.0799. The lowest BCUT2D eigenvalue weighted by Gasteiger charge is -2.24. The second-order valence-electron chi connectivity index (χ2n) is 16.3. The van der Waals surface area contributed by atoms with Gasteiger partial charge in [0.2, 0.25) is 0 Å². The summed E-state index contributed by atoms with van der Waals surface area (Å²) in [6, 6.07) is 72.8. The molecule has 0 atom stereocenters. The number of hydrogen-bond donors (Lipinski definition) is 0. The fraction of sp³-hybridized carbons (Fsp3) is 0.0526. The van der Waals surface area contributed by atoms with Gasteiger partial charge in [0.05, 0.1) is 0 Å². The van der Waals surface area contributed by atoms with Crippen LogP contribution in [0, 0.1) is 0 Å². The van der Waals surface area contributed by atoms with E-state index in [1.807, 2.05) is 0 Å². The minimum Gasteiger partial charge on any atom is -0.0619 e. The van der Waals surface area contributed by atoms with E-state index in [0.29, 0.717) is 0 Å². The predicted molar refractivity (Wildman–Crippen MR) is 245 cm³/mol. The van der Waals surface area contributed by atoms with Gasteiger partial charge in [-0.05, 0) is 132 Å². The molecule has 0 nitrogen and oxygen atoms in total. The first-order chi connectivity index (χ1) is 28.1. The van der Waals surface area contributed by atoms with Gasteiger partial charge in [0.1, 0.15) is 0 Å². The zero-order valence-electron chi connectivity index (χ0n) is 32.0. The molecule has 0 fully saturated rings.